The van der Waals surface area contributed by atoms with Crippen LogP contribution in [-0.2, 0) is 16.1 Å². The van der Waals surface area contributed by atoms with Gasteiger partial charge in [0.15, 0.2) is 0 Å². The predicted molar refractivity (Wildman–Crippen MR) is 130 cm³/mol. The summed E-state index contributed by atoms with van der Waals surface area (Å²) in [5.41, 5.74) is 2.21. The Morgan fingerprint density at radius 3 is 2.52 bits per heavy atom. The lowest BCUT2D eigenvalue weighted by molar-refractivity contribution is -0.139. The first-order chi connectivity index (χ1) is 16.1. The second-order valence-corrected chi connectivity index (χ2v) is 9.13. The van der Waals surface area contributed by atoms with E-state index in [4.69, 9.17) is 4.74 Å². The van der Waals surface area contributed by atoms with Crippen LogP contribution in [-0.4, -0.2) is 60.9 Å². The molecule has 0 bridgehead atoms. The molecule has 6 heteroatoms. The van der Waals surface area contributed by atoms with Crippen molar-refractivity contribution in [3.63, 3.8) is 0 Å². The molecule has 0 aliphatic carbocycles. The summed E-state index contributed by atoms with van der Waals surface area (Å²) in [6, 6.07) is 18.3. The Hall–Kier alpha value is -3.02. The number of nitrogens with zero attached hydrogens (tertiary/aromatic N) is 3. The molecule has 0 spiro atoms. The summed E-state index contributed by atoms with van der Waals surface area (Å²) in [4.78, 5) is 32.5. The molecule has 2 aromatic carbocycles. The van der Waals surface area contributed by atoms with E-state index in [1.165, 1.54) is 0 Å². The number of ether oxygens (including phenoxy) is 1. The smallest absolute Gasteiger partial charge is 0.224 e. The first kappa shape index (κ1) is 23.1. The molecule has 2 amide bonds. The quantitative estimate of drug-likeness (QED) is 0.639. The number of rotatable bonds is 7. The van der Waals surface area contributed by atoms with Gasteiger partial charge < -0.3 is 19.4 Å². The Balaban J connectivity index is 1.40. The number of fused-ring (bicyclic) bond motifs is 1. The second-order valence-electron chi connectivity index (χ2n) is 9.13. The Labute approximate surface area is 197 Å². The van der Waals surface area contributed by atoms with Crippen molar-refractivity contribution >= 4 is 17.5 Å². The summed E-state index contributed by atoms with van der Waals surface area (Å²) in [5.74, 6) is 1.24. The van der Waals surface area contributed by atoms with E-state index in [1.807, 2.05) is 49.5 Å². The van der Waals surface area contributed by atoms with E-state index in [2.05, 4.69) is 26.8 Å². The highest BCUT2D eigenvalue weighted by molar-refractivity contribution is 5.79. The number of carbonyl (C=O) groups excluding carboxylic acids is 2. The van der Waals surface area contributed by atoms with Crippen LogP contribution in [0.2, 0.25) is 0 Å². The molecule has 2 atom stereocenters. The first-order valence-electron chi connectivity index (χ1n) is 12.0. The standard InChI is InChI=1S/C27H35N3O3/c1-28(22-12-14-23(33-2)15-13-22)18-17-27(32)29-19-16-25-24(29)10-6-7-11-26(31)30(25)20-21-8-4-3-5-9-21/h3-5,8-9,12-15,24-25H,6-7,10-11,16-20H2,1-2H3/t24-,25+/m1/s1. The molecule has 2 saturated heterocycles. The fourth-order valence-corrected chi connectivity index (χ4v) is 5.18. The van der Waals surface area contributed by atoms with Crippen molar-refractivity contribution in [2.24, 2.45) is 0 Å². The maximum Gasteiger partial charge on any atom is 0.224 e. The van der Waals surface area contributed by atoms with Gasteiger partial charge in [-0.25, -0.2) is 0 Å². The molecule has 176 valence electrons. The molecule has 2 fully saturated rings. The van der Waals surface area contributed by atoms with Crippen molar-refractivity contribution < 1.29 is 14.3 Å². The Morgan fingerprint density at radius 2 is 1.79 bits per heavy atom. The number of hydrogen-bond acceptors (Lipinski definition) is 4. The van der Waals surface area contributed by atoms with E-state index in [0.717, 1.165) is 49.2 Å². The summed E-state index contributed by atoms with van der Waals surface area (Å²) in [6.45, 7) is 2.02. The highest BCUT2D eigenvalue weighted by atomic mass is 16.5. The van der Waals surface area contributed by atoms with Crippen LogP contribution in [0.25, 0.3) is 0 Å². The van der Waals surface area contributed by atoms with Crippen molar-refractivity contribution in [1.82, 2.24) is 9.80 Å². The van der Waals surface area contributed by atoms with Crippen molar-refractivity contribution in [1.29, 1.82) is 0 Å². The van der Waals surface area contributed by atoms with E-state index < -0.39 is 0 Å². The number of benzene rings is 2. The molecule has 0 saturated carbocycles. The lowest BCUT2D eigenvalue weighted by atomic mass is 9.96. The zero-order chi connectivity index (χ0) is 23.2. The van der Waals surface area contributed by atoms with Gasteiger partial charge in [0.1, 0.15) is 5.75 Å². The summed E-state index contributed by atoms with van der Waals surface area (Å²) < 4.78 is 5.23. The molecule has 4 rings (SSSR count). The minimum atomic E-state index is 0.112. The van der Waals surface area contributed by atoms with Gasteiger partial charge in [-0.2, -0.15) is 0 Å². The maximum atomic E-state index is 13.3. The van der Waals surface area contributed by atoms with E-state index in [0.29, 0.717) is 25.9 Å². The molecular formula is C27H35N3O3. The normalized spacial score (nSPS) is 20.7. The Morgan fingerprint density at radius 1 is 1.03 bits per heavy atom. The molecule has 33 heavy (non-hydrogen) atoms. The van der Waals surface area contributed by atoms with Crippen LogP contribution in [0.5, 0.6) is 5.75 Å². The molecule has 0 radical (unpaired) electrons. The third kappa shape index (κ3) is 5.49. The number of anilines is 1. The number of carbonyl (C=O) groups is 2. The molecule has 6 nitrogen and oxygen atoms in total. The van der Waals surface area contributed by atoms with Gasteiger partial charge in [-0.1, -0.05) is 36.8 Å². The van der Waals surface area contributed by atoms with Crippen molar-refractivity contribution in [2.45, 2.75) is 57.2 Å². The number of likely N-dealkylation sites (tertiary alicyclic amines) is 2. The van der Waals surface area contributed by atoms with Crippen LogP contribution in [0.1, 0.15) is 44.1 Å². The zero-order valence-corrected chi connectivity index (χ0v) is 19.8. The average Bonchev–Trinajstić information content (AvgIpc) is 3.26. The second kappa shape index (κ2) is 10.7. The molecule has 0 N–H and O–H groups in total. The zero-order valence-electron chi connectivity index (χ0n) is 19.8. The van der Waals surface area contributed by atoms with Gasteiger partial charge in [0.05, 0.1) is 19.2 Å². The summed E-state index contributed by atoms with van der Waals surface area (Å²) in [7, 11) is 3.67. The highest BCUT2D eigenvalue weighted by Crippen LogP contribution is 2.32. The minimum absolute atomic E-state index is 0.112. The van der Waals surface area contributed by atoms with Gasteiger partial charge in [-0.05, 0) is 49.1 Å². The van der Waals surface area contributed by atoms with Crippen LogP contribution in [0.3, 0.4) is 0 Å². The Bertz CT molecular complexity index is 931. The van der Waals surface area contributed by atoms with Gasteiger partial charge in [-0.15, -0.1) is 0 Å². The van der Waals surface area contributed by atoms with Gasteiger partial charge in [0.25, 0.3) is 0 Å². The van der Waals surface area contributed by atoms with Gasteiger partial charge in [0.2, 0.25) is 11.8 Å². The van der Waals surface area contributed by atoms with Crippen molar-refractivity contribution in [3.05, 3.63) is 60.2 Å². The number of methoxy groups -OCH3 is 1. The van der Waals surface area contributed by atoms with Crippen molar-refractivity contribution in [3.8, 4) is 5.75 Å². The fourth-order valence-electron chi connectivity index (χ4n) is 5.18. The lowest BCUT2D eigenvalue weighted by Crippen LogP contribution is -2.50. The van der Waals surface area contributed by atoms with Crippen LogP contribution >= 0.6 is 0 Å². The largest absolute Gasteiger partial charge is 0.497 e. The molecular weight excluding hydrogens is 414 g/mol. The SMILES string of the molecule is COc1ccc(N(C)CCC(=O)N2CC[C@H]3[C@H]2CCCCC(=O)N3Cc2ccccc2)cc1. The average molecular weight is 450 g/mol. The molecule has 2 aliphatic rings. The number of hydrogen-bond donors (Lipinski definition) is 0. The molecule has 2 heterocycles. The first-order valence-corrected chi connectivity index (χ1v) is 12.0. The molecule has 2 aliphatic heterocycles. The molecule has 0 unspecified atom stereocenters. The number of amides is 2. The highest BCUT2D eigenvalue weighted by Gasteiger charge is 2.41. The Kier molecular flexibility index (Phi) is 7.53. The van der Waals surface area contributed by atoms with Crippen LogP contribution in [0.4, 0.5) is 5.69 Å². The van der Waals surface area contributed by atoms with Crippen LogP contribution in [0.15, 0.2) is 54.6 Å². The minimum Gasteiger partial charge on any atom is -0.497 e. The lowest BCUT2D eigenvalue weighted by Gasteiger charge is -2.37. The van der Waals surface area contributed by atoms with E-state index in [9.17, 15) is 9.59 Å². The predicted octanol–water partition coefficient (Wildman–Crippen LogP) is 4.09. The summed E-state index contributed by atoms with van der Waals surface area (Å²) in [5, 5.41) is 0. The third-order valence-electron chi connectivity index (χ3n) is 7.06. The van der Waals surface area contributed by atoms with Crippen LogP contribution < -0.4 is 9.64 Å². The van der Waals surface area contributed by atoms with E-state index in [1.54, 1.807) is 7.11 Å². The van der Waals surface area contributed by atoms with E-state index >= 15 is 0 Å². The van der Waals surface area contributed by atoms with Gasteiger partial charge in [-0.3, -0.25) is 9.59 Å². The third-order valence-corrected chi connectivity index (χ3v) is 7.06. The van der Waals surface area contributed by atoms with Crippen molar-refractivity contribution in [2.75, 3.05) is 32.1 Å². The summed E-state index contributed by atoms with van der Waals surface area (Å²) in [6.07, 6.45) is 4.82. The van der Waals surface area contributed by atoms with Crippen LogP contribution in [0, 0.1) is 0 Å². The van der Waals surface area contributed by atoms with Gasteiger partial charge in [0, 0.05) is 45.2 Å². The van der Waals surface area contributed by atoms with E-state index in [-0.39, 0.29) is 23.9 Å². The monoisotopic (exact) mass is 449 g/mol. The fraction of sp³-hybridized carbons (Fsp3) is 0.481. The topological polar surface area (TPSA) is 53.1 Å². The molecule has 0 aromatic heterocycles. The maximum absolute atomic E-state index is 13.3. The van der Waals surface area contributed by atoms with Gasteiger partial charge >= 0.3 is 0 Å². The molecule has 2 aromatic rings. The summed E-state index contributed by atoms with van der Waals surface area (Å²) >= 11 is 0.